The number of ether oxygens (including phenoxy) is 3. The van der Waals surface area contributed by atoms with Gasteiger partial charge in [0, 0.05) is 19.3 Å². The zero-order valence-corrected chi connectivity index (χ0v) is 48.5. The Bertz CT molecular complexity index is 1060. The van der Waals surface area contributed by atoms with Crippen molar-refractivity contribution in [2.75, 3.05) is 13.2 Å². The third kappa shape index (κ3) is 59.2. The molecule has 71 heavy (non-hydrogen) atoms. The van der Waals surface area contributed by atoms with E-state index in [1.54, 1.807) is 0 Å². The standard InChI is InChI=1S/C65H126O6/c1-4-7-10-13-16-19-22-25-28-31-33-35-37-40-43-46-49-52-55-58-64(67)70-61-62(60-69-63(66)57-54-51-48-45-42-39-36-30-27-24-21-18-15-12-9-6-3)71-65(68)59-56-53-50-47-44-41-38-34-32-29-26-23-20-17-14-11-8-5-2/h62H,4-61H2,1-3H3/t62-/m1/s1. The first-order valence-corrected chi connectivity index (χ1v) is 32.5. The van der Waals surface area contributed by atoms with E-state index in [9.17, 15) is 14.4 Å². The van der Waals surface area contributed by atoms with Crippen molar-refractivity contribution in [3.8, 4) is 0 Å². The highest BCUT2D eigenvalue weighted by Crippen LogP contribution is 2.19. The van der Waals surface area contributed by atoms with Crippen LogP contribution in [-0.2, 0) is 28.6 Å². The summed E-state index contributed by atoms with van der Waals surface area (Å²) in [4.78, 5) is 38.3. The predicted octanol–water partition coefficient (Wildman–Crippen LogP) is 21.9. The molecular formula is C65H126O6. The van der Waals surface area contributed by atoms with Crippen molar-refractivity contribution in [2.45, 2.75) is 386 Å². The fourth-order valence-corrected chi connectivity index (χ4v) is 10.2. The normalized spacial score (nSPS) is 11.9. The quantitative estimate of drug-likeness (QED) is 0.0343. The minimum absolute atomic E-state index is 0.0604. The van der Waals surface area contributed by atoms with Crippen LogP contribution in [-0.4, -0.2) is 37.2 Å². The molecule has 0 aliphatic carbocycles. The SMILES string of the molecule is CCCCCCCCCCCCCCCCCCCCCC(=O)OC[C@@H](COC(=O)CCCCCCCCCCCCCCCCCC)OC(=O)CCCCCCCCCCCCCCCCCCCC. The molecule has 0 heterocycles. The molecule has 0 aromatic carbocycles. The van der Waals surface area contributed by atoms with E-state index in [-0.39, 0.29) is 31.1 Å². The molecule has 0 saturated heterocycles. The average molecular weight is 1000 g/mol. The van der Waals surface area contributed by atoms with Crippen LogP contribution in [0.1, 0.15) is 380 Å². The lowest BCUT2D eigenvalue weighted by atomic mass is 10.0. The molecule has 0 saturated carbocycles. The smallest absolute Gasteiger partial charge is 0.306 e. The van der Waals surface area contributed by atoms with Crippen molar-refractivity contribution in [2.24, 2.45) is 0 Å². The van der Waals surface area contributed by atoms with Crippen LogP contribution in [0.5, 0.6) is 0 Å². The highest BCUT2D eigenvalue weighted by Gasteiger charge is 2.19. The molecule has 0 unspecified atom stereocenters. The molecule has 0 fully saturated rings. The summed E-state index contributed by atoms with van der Waals surface area (Å²) < 4.78 is 17.0. The maximum atomic E-state index is 12.9. The molecule has 0 radical (unpaired) electrons. The summed E-state index contributed by atoms with van der Waals surface area (Å²) in [5.74, 6) is -0.823. The number of carbonyl (C=O) groups is 3. The Morgan fingerprint density at radius 2 is 0.380 bits per heavy atom. The highest BCUT2D eigenvalue weighted by atomic mass is 16.6. The van der Waals surface area contributed by atoms with Crippen molar-refractivity contribution < 1.29 is 28.6 Å². The van der Waals surface area contributed by atoms with E-state index < -0.39 is 6.10 Å². The molecule has 0 aliphatic rings. The molecule has 6 nitrogen and oxygen atoms in total. The first kappa shape index (κ1) is 69.4. The van der Waals surface area contributed by atoms with Gasteiger partial charge in [-0.2, -0.15) is 0 Å². The molecule has 1 atom stereocenters. The lowest BCUT2D eigenvalue weighted by molar-refractivity contribution is -0.167. The molecule has 0 N–H and O–H groups in total. The van der Waals surface area contributed by atoms with Gasteiger partial charge in [0.25, 0.3) is 0 Å². The van der Waals surface area contributed by atoms with Gasteiger partial charge >= 0.3 is 17.9 Å². The molecular weight excluding hydrogens is 877 g/mol. The Kier molecular flexibility index (Phi) is 59.6. The summed E-state index contributed by atoms with van der Waals surface area (Å²) in [6.45, 7) is 6.74. The maximum absolute atomic E-state index is 12.9. The van der Waals surface area contributed by atoms with Crippen LogP contribution in [0.3, 0.4) is 0 Å². The molecule has 0 aromatic heterocycles. The van der Waals surface area contributed by atoms with Crippen molar-refractivity contribution in [1.82, 2.24) is 0 Å². The number of rotatable bonds is 61. The van der Waals surface area contributed by atoms with Crippen LogP contribution in [0.2, 0.25) is 0 Å². The van der Waals surface area contributed by atoms with Crippen molar-refractivity contribution in [1.29, 1.82) is 0 Å². The Labute approximate surface area is 444 Å². The van der Waals surface area contributed by atoms with Gasteiger partial charge in [0.1, 0.15) is 13.2 Å². The maximum Gasteiger partial charge on any atom is 0.306 e. The van der Waals surface area contributed by atoms with Gasteiger partial charge in [0.2, 0.25) is 0 Å². The second-order valence-electron chi connectivity index (χ2n) is 22.4. The van der Waals surface area contributed by atoms with Gasteiger partial charge in [-0.25, -0.2) is 0 Å². The molecule has 422 valence electrons. The van der Waals surface area contributed by atoms with Crippen molar-refractivity contribution in [3.05, 3.63) is 0 Å². The van der Waals surface area contributed by atoms with Gasteiger partial charge in [0.15, 0.2) is 6.10 Å². The lowest BCUT2D eigenvalue weighted by Crippen LogP contribution is -2.30. The summed E-state index contributed by atoms with van der Waals surface area (Å²) in [6.07, 6.45) is 69.6. The largest absolute Gasteiger partial charge is 0.462 e. The Morgan fingerprint density at radius 1 is 0.225 bits per heavy atom. The first-order chi connectivity index (χ1) is 35.0. The summed E-state index contributed by atoms with van der Waals surface area (Å²) in [6, 6.07) is 0. The van der Waals surface area contributed by atoms with E-state index in [0.717, 1.165) is 57.8 Å². The van der Waals surface area contributed by atoms with Gasteiger partial charge in [-0.15, -0.1) is 0 Å². The molecule has 0 aliphatic heterocycles. The Hall–Kier alpha value is -1.59. The number of esters is 3. The van der Waals surface area contributed by atoms with E-state index in [4.69, 9.17) is 14.2 Å². The van der Waals surface area contributed by atoms with E-state index in [0.29, 0.717) is 19.3 Å². The van der Waals surface area contributed by atoms with Crippen LogP contribution >= 0.6 is 0 Å². The van der Waals surface area contributed by atoms with Crippen LogP contribution in [0.25, 0.3) is 0 Å². The molecule has 0 rings (SSSR count). The van der Waals surface area contributed by atoms with E-state index in [1.807, 2.05) is 0 Å². The van der Waals surface area contributed by atoms with E-state index in [2.05, 4.69) is 20.8 Å². The minimum atomic E-state index is -0.762. The van der Waals surface area contributed by atoms with Gasteiger partial charge in [-0.3, -0.25) is 14.4 Å². The van der Waals surface area contributed by atoms with Gasteiger partial charge < -0.3 is 14.2 Å². The van der Waals surface area contributed by atoms with Crippen LogP contribution in [0, 0.1) is 0 Å². The molecule has 0 aromatic rings. The summed E-state index contributed by atoms with van der Waals surface area (Å²) in [7, 11) is 0. The summed E-state index contributed by atoms with van der Waals surface area (Å²) in [5, 5.41) is 0. The van der Waals surface area contributed by atoms with Crippen LogP contribution < -0.4 is 0 Å². The lowest BCUT2D eigenvalue weighted by Gasteiger charge is -2.18. The van der Waals surface area contributed by atoms with Crippen molar-refractivity contribution in [3.63, 3.8) is 0 Å². The van der Waals surface area contributed by atoms with E-state index >= 15 is 0 Å². The Morgan fingerprint density at radius 3 is 0.563 bits per heavy atom. The summed E-state index contributed by atoms with van der Waals surface area (Å²) in [5.41, 5.74) is 0. The van der Waals surface area contributed by atoms with Gasteiger partial charge in [0.05, 0.1) is 0 Å². The highest BCUT2D eigenvalue weighted by molar-refractivity contribution is 5.71. The third-order valence-corrected chi connectivity index (χ3v) is 15.1. The second kappa shape index (κ2) is 61.0. The molecule has 0 spiro atoms. The number of carbonyl (C=O) groups excluding carboxylic acids is 3. The zero-order valence-electron chi connectivity index (χ0n) is 48.5. The van der Waals surface area contributed by atoms with Crippen LogP contribution in [0.15, 0.2) is 0 Å². The van der Waals surface area contributed by atoms with E-state index in [1.165, 1.54) is 283 Å². The third-order valence-electron chi connectivity index (χ3n) is 15.1. The van der Waals surface area contributed by atoms with Crippen LogP contribution in [0.4, 0.5) is 0 Å². The predicted molar refractivity (Wildman–Crippen MR) is 307 cm³/mol. The number of unbranched alkanes of at least 4 members (excludes halogenated alkanes) is 50. The zero-order chi connectivity index (χ0) is 51.4. The summed E-state index contributed by atoms with van der Waals surface area (Å²) >= 11 is 0. The molecule has 0 bridgehead atoms. The monoisotopic (exact) mass is 1000 g/mol. The average Bonchev–Trinajstić information content (AvgIpc) is 3.37. The number of hydrogen-bond donors (Lipinski definition) is 0. The topological polar surface area (TPSA) is 78.9 Å². The fourth-order valence-electron chi connectivity index (χ4n) is 10.2. The molecule has 0 amide bonds. The first-order valence-electron chi connectivity index (χ1n) is 32.5. The Balaban J connectivity index is 4.27. The fraction of sp³-hybridized carbons (Fsp3) is 0.954. The van der Waals surface area contributed by atoms with Crippen molar-refractivity contribution >= 4 is 17.9 Å². The van der Waals surface area contributed by atoms with Gasteiger partial charge in [-0.05, 0) is 19.3 Å². The minimum Gasteiger partial charge on any atom is -0.462 e. The molecule has 6 heteroatoms. The van der Waals surface area contributed by atoms with Gasteiger partial charge in [-0.1, -0.05) is 342 Å². The second-order valence-corrected chi connectivity index (χ2v) is 22.4. The number of hydrogen-bond acceptors (Lipinski definition) is 6.